The minimum atomic E-state index is -0.183. The Morgan fingerprint density at radius 3 is 2.33 bits per heavy atom. The van der Waals surface area contributed by atoms with Crippen LogP contribution in [0.1, 0.15) is 56.0 Å². The van der Waals surface area contributed by atoms with Gasteiger partial charge in [0, 0.05) is 12.6 Å². The predicted octanol–water partition coefficient (Wildman–Crippen LogP) is 5.35. The van der Waals surface area contributed by atoms with Crippen molar-refractivity contribution < 1.29 is 4.79 Å². The second-order valence-electron chi connectivity index (χ2n) is 9.23. The standard InChI is InChI=1S/C27H33N5O/c1-18(2)10-9-11-19(3)29-27(33)23-24-26(31-22-15-8-7-14-21(22)30-24)32(25(23)28)17-16-20-12-5-4-6-13-20/h4-8,12-15,18-19H,9-11,16-17,28H2,1-3H3,(H,29,33)/t19-/m1/s1. The highest BCUT2D eigenvalue weighted by Crippen LogP contribution is 2.28. The molecule has 0 unspecified atom stereocenters. The minimum Gasteiger partial charge on any atom is -0.384 e. The molecule has 0 saturated heterocycles. The molecular formula is C27H33N5O. The Labute approximate surface area is 195 Å². The van der Waals surface area contributed by atoms with Crippen molar-refractivity contribution in [2.45, 2.75) is 59.0 Å². The lowest BCUT2D eigenvalue weighted by atomic mass is 10.0. The molecule has 0 spiro atoms. The van der Waals surface area contributed by atoms with Gasteiger partial charge in [0.2, 0.25) is 0 Å². The molecule has 172 valence electrons. The summed E-state index contributed by atoms with van der Waals surface area (Å²) < 4.78 is 1.93. The Morgan fingerprint density at radius 1 is 0.970 bits per heavy atom. The van der Waals surface area contributed by atoms with Crippen LogP contribution in [0.5, 0.6) is 0 Å². The maximum atomic E-state index is 13.3. The average molecular weight is 444 g/mol. The number of nitrogens with two attached hydrogens (primary N) is 1. The van der Waals surface area contributed by atoms with Crippen LogP contribution in [0.15, 0.2) is 54.6 Å². The van der Waals surface area contributed by atoms with Crippen LogP contribution in [0.2, 0.25) is 0 Å². The van der Waals surface area contributed by atoms with E-state index in [1.807, 2.05) is 54.0 Å². The highest BCUT2D eigenvalue weighted by Gasteiger charge is 2.24. The number of carbonyl (C=O) groups is 1. The molecule has 0 saturated carbocycles. The van der Waals surface area contributed by atoms with Crippen LogP contribution in [-0.2, 0) is 13.0 Å². The zero-order valence-corrected chi connectivity index (χ0v) is 19.7. The summed E-state index contributed by atoms with van der Waals surface area (Å²) in [6, 6.07) is 18.0. The lowest BCUT2D eigenvalue weighted by Crippen LogP contribution is -2.33. The number of carbonyl (C=O) groups excluding carboxylic acids is 1. The normalized spacial score (nSPS) is 12.5. The first-order chi connectivity index (χ1) is 15.9. The fraction of sp³-hybridized carbons (Fsp3) is 0.370. The summed E-state index contributed by atoms with van der Waals surface area (Å²) in [6.07, 6.45) is 3.96. The van der Waals surface area contributed by atoms with Gasteiger partial charge >= 0.3 is 0 Å². The number of hydrogen-bond acceptors (Lipinski definition) is 4. The zero-order valence-electron chi connectivity index (χ0n) is 19.7. The van der Waals surface area contributed by atoms with Gasteiger partial charge in [-0.25, -0.2) is 9.97 Å². The monoisotopic (exact) mass is 443 g/mol. The van der Waals surface area contributed by atoms with Gasteiger partial charge in [0.15, 0.2) is 5.65 Å². The molecule has 6 heteroatoms. The van der Waals surface area contributed by atoms with Crippen molar-refractivity contribution in [1.82, 2.24) is 19.9 Å². The molecular weight excluding hydrogens is 410 g/mol. The molecule has 2 heterocycles. The van der Waals surface area contributed by atoms with Gasteiger partial charge in [-0.05, 0) is 43.4 Å². The van der Waals surface area contributed by atoms with Crippen LogP contribution < -0.4 is 11.1 Å². The quantitative estimate of drug-likeness (QED) is 0.365. The molecule has 0 fully saturated rings. The van der Waals surface area contributed by atoms with Gasteiger partial charge in [-0.1, -0.05) is 69.2 Å². The topological polar surface area (TPSA) is 85.8 Å². The van der Waals surface area contributed by atoms with E-state index < -0.39 is 0 Å². The van der Waals surface area contributed by atoms with E-state index in [-0.39, 0.29) is 11.9 Å². The molecule has 2 aromatic carbocycles. The van der Waals surface area contributed by atoms with E-state index in [2.05, 4.69) is 31.3 Å². The molecule has 3 N–H and O–H groups in total. The first kappa shape index (κ1) is 22.8. The molecule has 33 heavy (non-hydrogen) atoms. The number of para-hydroxylation sites is 2. The summed E-state index contributed by atoms with van der Waals surface area (Å²) in [5, 5.41) is 3.14. The number of nitrogen functional groups attached to an aromatic ring is 1. The number of benzene rings is 2. The zero-order chi connectivity index (χ0) is 23.4. The summed E-state index contributed by atoms with van der Waals surface area (Å²) in [4.78, 5) is 23.0. The minimum absolute atomic E-state index is 0.0618. The summed E-state index contributed by atoms with van der Waals surface area (Å²) in [7, 11) is 0. The number of rotatable bonds is 9. The van der Waals surface area contributed by atoms with Crippen LogP contribution in [0, 0.1) is 5.92 Å². The van der Waals surface area contributed by atoms with Crippen LogP contribution in [0.25, 0.3) is 22.2 Å². The van der Waals surface area contributed by atoms with Crippen molar-refractivity contribution in [2.24, 2.45) is 5.92 Å². The average Bonchev–Trinajstić information content (AvgIpc) is 3.06. The third kappa shape index (κ3) is 5.16. The summed E-state index contributed by atoms with van der Waals surface area (Å²) >= 11 is 0. The van der Waals surface area contributed by atoms with E-state index in [0.717, 1.165) is 36.7 Å². The van der Waals surface area contributed by atoms with E-state index in [4.69, 9.17) is 15.7 Å². The molecule has 4 rings (SSSR count). The van der Waals surface area contributed by atoms with E-state index in [1.165, 1.54) is 5.56 Å². The molecule has 0 aliphatic heterocycles. The first-order valence-corrected chi connectivity index (χ1v) is 11.8. The lowest BCUT2D eigenvalue weighted by Gasteiger charge is -2.14. The van der Waals surface area contributed by atoms with Crippen LogP contribution in [-0.4, -0.2) is 26.5 Å². The Bertz CT molecular complexity index is 1250. The molecule has 0 radical (unpaired) electrons. The smallest absolute Gasteiger partial charge is 0.257 e. The van der Waals surface area contributed by atoms with Crippen molar-refractivity contribution in [1.29, 1.82) is 0 Å². The van der Waals surface area contributed by atoms with Crippen molar-refractivity contribution >= 4 is 33.9 Å². The molecule has 1 amide bonds. The van der Waals surface area contributed by atoms with Gasteiger partial charge in [0.1, 0.15) is 16.9 Å². The number of anilines is 1. The van der Waals surface area contributed by atoms with Crippen molar-refractivity contribution in [3.05, 3.63) is 65.7 Å². The van der Waals surface area contributed by atoms with Gasteiger partial charge in [0.25, 0.3) is 5.91 Å². The Balaban J connectivity index is 1.68. The molecule has 4 aromatic rings. The molecule has 6 nitrogen and oxygen atoms in total. The van der Waals surface area contributed by atoms with Gasteiger partial charge in [-0.15, -0.1) is 0 Å². The van der Waals surface area contributed by atoms with E-state index in [9.17, 15) is 4.79 Å². The number of amides is 1. The molecule has 1 atom stereocenters. The molecule has 0 aliphatic carbocycles. The number of nitrogens with one attached hydrogen (secondary N) is 1. The number of nitrogens with zero attached hydrogens (tertiary/aromatic N) is 3. The highest BCUT2D eigenvalue weighted by molar-refractivity contribution is 6.10. The number of aryl methyl sites for hydroxylation is 2. The number of fused-ring (bicyclic) bond motifs is 2. The lowest BCUT2D eigenvalue weighted by molar-refractivity contribution is 0.0940. The number of hydrogen-bond donors (Lipinski definition) is 2. The van der Waals surface area contributed by atoms with Crippen molar-refractivity contribution in [3.63, 3.8) is 0 Å². The third-order valence-corrected chi connectivity index (χ3v) is 6.08. The molecule has 0 bridgehead atoms. The summed E-state index contributed by atoms with van der Waals surface area (Å²) in [5.41, 5.74) is 11.0. The van der Waals surface area contributed by atoms with E-state index in [1.54, 1.807) is 0 Å². The second kappa shape index (κ2) is 10.0. The predicted molar refractivity (Wildman–Crippen MR) is 135 cm³/mol. The van der Waals surface area contributed by atoms with Gasteiger partial charge < -0.3 is 15.6 Å². The van der Waals surface area contributed by atoms with Crippen molar-refractivity contribution in [2.75, 3.05) is 5.73 Å². The number of aromatic nitrogens is 3. The SMILES string of the molecule is CC(C)CCC[C@@H](C)NC(=O)c1c(N)n(CCc2ccccc2)c2nc3ccccc3nc12. The van der Waals surface area contributed by atoms with Crippen LogP contribution in [0.4, 0.5) is 5.82 Å². The van der Waals surface area contributed by atoms with Gasteiger partial charge in [-0.3, -0.25) is 4.79 Å². The second-order valence-corrected chi connectivity index (χ2v) is 9.23. The van der Waals surface area contributed by atoms with E-state index >= 15 is 0 Å². The third-order valence-electron chi connectivity index (χ3n) is 6.08. The first-order valence-electron chi connectivity index (χ1n) is 11.8. The largest absolute Gasteiger partial charge is 0.384 e. The highest BCUT2D eigenvalue weighted by atomic mass is 16.1. The molecule has 2 aromatic heterocycles. The van der Waals surface area contributed by atoms with E-state index in [0.29, 0.717) is 35.0 Å². The van der Waals surface area contributed by atoms with Crippen molar-refractivity contribution in [3.8, 4) is 0 Å². The fourth-order valence-electron chi connectivity index (χ4n) is 4.25. The fourth-order valence-corrected chi connectivity index (χ4v) is 4.25. The van der Waals surface area contributed by atoms with Gasteiger partial charge in [0.05, 0.1) is 11.0 Å². The Hall–Kier alpha value is -3.41. The Morgan fingerprint density at radius 2 is 1.64 bits per heavy atom. The molecule has 0 aliphatic rings. The van der Waals surface area contributed by atoms with Crippen LogP contribution in [0.3, 0.4) is 0 Å². The maximum Gasteiger partial charge on any atom is 0.257 e. The van der Waals surface area contributed by atoms with Crippen LogP contribution >= 0.6 is 0 Å². The summed E-state index contributed by atoms with van der Waals surface area (Å²) in [6.45, 7) is 7.11. The van der Waals surface area contributed by atoms with Gasteiger partial charge in [-0.2, -0.15) is 0 Å². The maximum absolute atomic E-state index is 13.3. The Kier molecular flexibility index (Phi) is 6.92. The summed E-state index contributed by atoms with van der Waals surface area (Å²) in [5.74, 6) is 0.899.